The van der Waals surface area contributed by atoms with Gasteiger partial charge in [-0.2, -0.15) is 13.2 Å². The highest BCUT2D eigenvalue weighted by atomic mass is 32.2. The molecule has 23 heavy (non-hydrogen) atoms. The topological polar surface area (TPSA) is 62.3 Å². The molecule has 1 aliphatic rings. The van der Waals surface area contributed by atoms with Crippen LogP contribution in [-0.2, 0) is 4.79 Å². The van der Waals surface area contributed by atoms with Gasteiger partial charge < -0.3 is 10.2 Å². The lowest BCUT2D eigenvalue weighted by Crippen LogP contribution is -2.47. The van der Waals surface area contributed by atoms with Crippen LogP contribution in [0.4, 0.5) is 13.2 Å². The molecular formula is C14H16F3N3O2S. The molecule has 1 aliphatic heterocycles. The third kappa shape index (κ3) is 5.74. The maximum atomic E-state index is 12.1. The van der Waals surface area contributed by atoms with E-state index in [9.17, 15) is 22.8 Å². The molecule has 0 atom stereocenters. The SMILES string of the molecule is O=C(NC1CCN(C(=O)CSC(F)(F)F)CC1)c1ccncc1. The largest absolute Gasteiger partial charge is 0.442 e. The number of nitrogens with zero attached hydrogens (tertiary/aromatic N) is 2. The van der Waals surface area contributed by atoms with E-state index in [1.165, 1.54) is 17.3 Å². The fourth-order valence-corrected chi connectivity index (χ4v) is 2.75. The fourth-order valence-electron chi connectivity index (χ4n) is 2.28. The van der Waals surface area contributed by atoms with Crippen LogP contribution >= 0.6 is 11.8 Å². The van der Waals surface area contributed by atoms with E-state index in [1.54, 1.807) is 12.1 Å². The second-order valence-corrected chi connectivity index (χ2v) is 6.14. The Hall–Kier alpha value is -1.77. The van der Waals surface area contributed by atoms with Crippen LogP contribution in [0, 0.1) is 0 Å². The van der Waals surface area contributed by atoms with Gasteiger partial charge in [0.1, 0.15) is 0 Å². The molecule has 1 saturated heterocycles. The maximum Gasteiger partial charge on any atom is 0.442 e. The van der Waals surface area contributed by atoms with E-state index in [4.69, 9.17) is 0 Å². The average molecular weight is 347 g/mol. The minimum absolute atomic E-state index is 0.0880. The number of rotatable bonds is 4. The van der Waals surface area contributed by atoms with E-state index >= 15 is 0 Å². The van der Waals surface area contributed by atoms with E-state index in [0.29, 0.717) is 31.5 Å². The van der Waals surface area contributed by atoms with Crippen LogP contribution in [0.3, 0.4) is 0 Å². The summed E-state index contributed by atoms with van der Waals surface area (Å²) in [7, 11) is 0. The number of nitrogens with one attached hydrogen (secondary N) is 1. The Morgan fingerprint density at radius 2 is 1.87 bits per heavy atom. The molecule has 5 nitrogen and oxygen atoms in total. The van der Waals surface area contributed by atoms with Crippen LogP contribution in [-0.4, -0.2) is 52.1 Å². The van der Waals surface area contributed by atoms with Crippen LogP contribution < -0.4 is 5.32 Å². The summed E-state index contributed by atoms with van der Waals surface area (Å²) in [5, 5.41) is 2.86. The molecule has 1 N–H and O–H groups in total. The van der Waals surface area contributed by atoms with Gasteiger partial charge in [0.15, 0.2) is 0 Å². The zero-order valence-electron chi connectivity index (χ0n) is 12.2. The zero-order valence-corrected chi connectivity index (χ0v) is 13.0. The van der Waals surface area contributed by atoms with Crippen molar-refractivity contribution in [3.05, 3.63) is 30.1 Å². The molecule has 2 rings (SSSR count). The molecule has 0 radical (unpaired) electrons. The first kappa shape index (κ1) is 17.6. The number of hydrogen-bond acceptors (Lipinski definition) is 4. The molecule has 9 heteroatoms. The Balaban J connectivity index is 1.75. The van der Waals surface area contributed by atoms with Gasteiger partial charge in [0.2, 0.25) is 5.91 Å². The number of likely N-dealkylation sites (tertiary alicyclic amines) is 1. The van der Waals surface area contributed by atoms with Crippen molar-refractivity contribution in [2.45, 2.75) is 24.4 Å². The van der Waals surface area contributed by atoms with Crippen molar-refractivity contribution >= 4 is 23.6 Å². The molecule has 1 aromatic heterocycles. The average Bonchev–Trinajstić information content (AvgIpc) is 2.53. The summed E-state index contributed by atoms with van der Waals surface area (Å²) in [4.78, 5) is 28.9. The van der Waals surface area contributed by atoms with Gasteiger partial charge in [-0.15, -0.1) is 0 Å². The molecule has 2 heterocycles. The standard InChI is InChI=1S/C14H16F3N3O2S/c15-14(16,17)23-9-12(21)20-7-3-11(4-8-20)19-13(22)10-1-5-18-6-2-10/h1-2,5-6,11H,3-4,7-9H2,(H,19,22). The number of piperidine rings is 1. The smallest absolute Gasteiger partial charge is 0.349 e. The van der Waals surface area contributed by atoms with E-state index in [-0.39, 0.29) is 23.7 Å². The van der Waals surface area contributed by atoms with Crippen LogP contribution in [0.2, 0.25) is 0 Å². The summed E-state index contributed by atoms with van der Waals surface area (Å²) in [5.41, 5.74) is -3.90. The van der Waals surface area contributed by atoms with Crippen LogP contribution in [0.5, 0.6) is 0 Å². The van der Waals surface area contributed by atoms with Crippen molar-refractivity contribution in [2.24, 2.45) is 0 Å². The van der Waals surface area contributed by atoms with Gasteiger partial charge in [0, 0.05) is 37.1 Å². The molecule has 0 bridgehead atoms. The zero-order chi connectivity index (χ0) is 16.9. The van der Waals surface area contributed by atoms with E-state index < -0.39 is 17.2 Å². The molecule has 0 aromatic carbocycles. The number of aromatic nitrogens is 1. The summed E-state index contributed by atoms with van der Waals surface area (Å²) in [6.45, 7) is 0.692. The van der Waals surface area contributed by atoms with E-state index in [1.807, 2.05) is 0 Å². The molecule has 126 valence electrons. The van der Waals surface area contributed by atoms with Crippen molar-refractivity contribution in [2.75, 3.05) is 18.8 Å². The number of carbonyl (C=O) groups is 2. The first-order valence-electron chi connectivity index (χ1n) is 7.04. The lowest BCUT2D eigenvalue weighted by molar-refractivity contribution is -0.129. The van der Waals surface area contributed by atoms with Crippen molar-refractivity contribution in [1.82, 2.24) is 15.2 Å². The molecule has 0 spiro atoms. The van der Waals surface area contributed by atoms with E-state index in [2.05, 4.69) is 10.3 Å². The minimum Gasteiger partial charge on any atom is -0.349 e. The second-order valence-electron chi connectivity index (χ2n) is 5.10. The minimum atomic E-state index is -4.40. The molecule has 0 saturated carbocycles. The van der Waals surface area contributed by atoms with Crippen LogP contribution in [0.15, 0.2) is 24.5 Å². The normalized spacial score (nSPS) is 16.2. The molecule has 2 amide bonds. The first-order chi connectivity index (χ1) is 10.8. The Morgan fingerprint density at radius 3 is 2.43 bits per heavy atom. The van der Waals surface area contributed by atoms with Gasteiger partial charge in [0.05, 0.1) is 5.75 Å². The highest BCUT2D eigenvalue weighted by Crippen LogP contribution is 2.30. The second kappa shape index (κ2) is 7.67. The number of pyridine rings is 1. The number of amides is 2. The third-order valence-electron chi connectivity index (χ3n) is 3.48. The quantitative estimate of drug-likeness (QED) is 0.906. The number of halogens is 3. The highest BCUT2D eigenvalue weighted by Gasteiger charge is 2.31. The number of thioether (sulfide) groups is 1. The Bertz CT molecular complexity index is 546. The summed E-state index contributed by atoms with van der Waals surface area (Å²) in [5.74, 6) is -1.34. The number of carbonyl (C=O) groups excluding carboxylic acids is 2. The van der Waals surface area contributed by atoms with Gasteiger partial charge in [-0.3, -0.25) is 14.6 Å². The molecule has 1 fully saturated rings. The predicted molar refractivity (Wildman–Crippen MR) is 79.8 cm³/mol. The molecule has 0 unspecified atom stereocenters. The Kier molecular flexibility index (Phi) is 5.86. The monoisotopic (exact) mass is 347 g/mol. The Morgan fingerprint density at radius 1 is 1.26 bits per heavy atom. The lowest BCUT2D eigenvalue weighted by Gasteiger charge is -2.32. The molecule has 0 aliphatic carbocycles. The fraction of sp³-hybridized carbons (Fsp3) is 0.500. The first-order valence-corrected chi connectivity index (χ1v) is 8.03. The third-order valence-corrected chi connectivity index (χ3v) is 4.20. The maximum absolute atomic E-state index is 12.1. The number of hydrogen-bond donors (Lipinski definition) is 1. The van der Waals surface area contributed by atoms with Gasteiger partial charge in [-0.25, -0.2) is 0 Å². The van der Waals surface area contributed by atoms with Gasteiger partial charge in [-0.1, -0.05) is 0 Å². The van der Waals surface area contributed by atoms with E-state index in [0.717, 1.165) is 0 Å². The summed E-state index contributed by atoms with van der Waals surface area (Å²) in [6, 6.07) is 3.11. The summed E-state index contributed by atoms with van der Waals surface area (Å²) < 4.78 is 36.3. The van der Waals surface area contributed by atoms with Crippen LogP contribution in [0.25, 0.3) is 0 Å². The van der Waals surface area contributed by atoms with Crippen molar-refractivity contribution in [1.29, 1.82) is 0 Å². The van der Waals surface area contributed by atoms with Crippen molar-refractivity contribution in [3.63, 3.8) is 0 Å². The Labute approximate surface area is 135 Å². The van der Waals surface area contributed by atoms with Crippen LogP contribution in [0.1, 0.15) is 23.2 Å². The summed E-state index contributed by atoms with van der Waals surface area (Å²) in [6.07, 6.45) is 4.10. The highest BCUT2D eigenvalue weighted by molar-refractivity contribution is 8.00. The molecule has 1 aromatic rings. The number of alkyl halides is 3. The van der Waals surface area contributed by atoms with Crippen molar-refractivity contribution in [3.8, 4) is 0 Å². The predicted octanol–water partition coefficient (Wildman–Crippen LogP) is 2.06. The van der Waals surface area contributed by atoms with Crippen molar-refractivity contribution < 1.29 is 22.8 Å². The lowest BCUT2D eigenvalue weighted by atomic mass is 10.0. The summed E-state index contributed by atoms with van der Waals surface area (Å²) >= 11 is -0.323. The molecular weight excluding hydrogens is 331 g/mol. The van der Waals surface area contributed by atoms with Gasteiger partial charge in [-0.05, 0) is 36.7 Å². The van der Waals surface area contributed by atoms with Gasteiger partial charge >= 0.3 is 5.51 Å². The van der Waals surface area contributed by atoms with Gasteiger partial charge in [0.25, 0.3) is 5.91 Å².